The molecule has 0 atom stereocenters. The fourth-order valence-electron chi connectivity index (χ4n) is 3.42. The lowest BCUT2D eigenvalue weighted by atomic mass is 10.1. The number of halogens is 1. The maximum Gasteiger partial charge on any atom is 0.256 e. The highest BCUT2D eigenvalue weighted by atomic mass is 19.1. The van der Waals surface area contributed by atoms with Gasteiger partial charge in [0, 0.05) is 11.5 Å². The Morgan fingerprint density at radius 3 is 2.60 bits per heavy atom. The van der Waals surface area contributed by atoms with E-state index in [2.05, 4.69) is 15.4 Å². The summed E-state index contributed by atoms with van der Waals surface area (Å²) in [5.74, 6) is -0.168. The molecule has 0 saturated heterocycles. The fraction of sp³-hybridized carbons (Fsp3) is 0.174. The summed E-state index contributed by atoms with van der Waals surface area (Å²) in [5, 5.41) is 8.27. The number of ether oxygens (including phenoxy) is 1. The third kappa shape index (κ3) is 3.74. The molecule has 0 spiro atoms. The summed E-state index contributed by atoms with van der Waals surface area (Å²) in [6.07, 6.45) is 0. The highest BCUT2D eigenvalue weighted by Crippen LogP contribution is 2.25. The molecule has 2 aromatic heterocycles. The van der Waals surface area contributed by atoms with Gasteiger partial charge in [0.25, 0.3) is 5.91 Å². The van der Waals surface area contributed by atoms with E-state index in [1.54, 1.807) is 22.9 Å². The van der Waals surface area contributed by atoms with Crippen LogP contribution >= 0.6 is 0 Å². The summed E-state index contributed by atoms with van der Waals surface area (Å²) in [6, 6.07) is 15.3. The van der Waals surface area contributed by atoms with Crippen molar-refractivity contribution in [2.75, 3.05) is 12.4 Å². The number of carbonyl (C=O) groups excluding carboxylic acids is 1. The molecule has 1 amide bonds. The van der Waals surface area contributed by atoms with Crippen LogP contribution in [0.25, 0.3) is 10.9 Å². The Hall–Kier alpha value is -3.74. The van der Waals surface area contributed by atoms with Gasteiger partial charge in [0.05, 0.1) is 41.8 Å². The van der Waals surface area contributed by atoms with Gasteiger partial charge in [0.1, 0.15) is 5.82 Å². The van der Waals surface area contributed by atoms with Crippen molar-refractivity contribution in [2.45, 2.75) is 20.4 Å². The van der Waals surface area contributed by atoms with Crippen molar-refractivity contribution in [3.63, 3.8) is 0 Å². The molecule has 4 rings (SSSR count). The molecule has 0 aliphatic heterocycles. The number of pyridine rings is 1. The van der Waals surface area contributed by atoms with Crippen molar-refractivity contribution in [1.29, 1.82) is 0 Å². The van der Waals surface area contributed by atoms with E-state index in [1.165, 1.54) is 19.2 Å². The van der Waals surface area contributed by atoms with Gasteiger partial charge in [-0.2, -0.15) is 5.10 Å². The first-order valence-electron chi connectivity index (χ1n) is 9.50. The van der Waals surface area contributed by atoms with Crippen LogP contribution < -0.4 is 10.1 Å². The van der Waals surface area contributed by atoms with Gasteiger partial charge in [0.2, 0.25) is 5.88 Å². The third-order valence-electron chi connectivity index (χ3n) is 5.01. The number of hydrogen-bond donors (Lipinski definition) is 1. The van der Waals surface area contributed by atoms with Gasteiger partial charge in [-0.1, -0.05) is 30.3 Å². The van der Waals surface area contributed by atoms with E-state index in [9.17, 15) is 9.18 Å². The van der Waals surface area contributed by atoms with Gasteiger partial charge in [0.15, 0.2) is 0 Å². The molecule has 152 valence electrons. The third-order valence-corrected chi connectivity index (χ3v) is 5.01. The van der Waals surface area contributed by atoms with Crippen LogP contribution in [0, 0.1) is 19.7 Å². The fourth-order valence-corrected chi connectivity index (χ4v) is 3.42. The highest BCUT2D eigenvalue weighted by molar-refractivity contribution is 6.13. The Morgan fingerprint density at radius 2 is 1.87 bits per heavy atom. The first-order valence-corrected chi connectivity index (χ1v) is 9.50. The lowest BCUT2D eigenvalue weighted by Gasteiger charge is -2.10. The number of benzene rings is 2. The number of aromatic nitrogens is 3. The zero-order valence-corrected chi connectivity index (χ0v) is 16.9. The quantitative estimate of drug-likeness (QED) is 0.532. The monoisotopic (exact) mass is 404 g/mol. The number of nitrogens with zero attached hydrogens (tertiary/aromatic N) is 3. The second-order valence-electron chi connectivity index (χ2n) is 7.01. The Bertz CT molecular complexity index is 1230. The van der Waals surface area contributed by atoms with Crippen LogP contribution in [-0.2, 0) is 6.54 Å². The van der Waals surface area contributed by atoms with E-state index in [0.29, 0.717) is 34.9 Å². The number of methoxy groups -OCH3 is 1. The number of hydrogen-bond acceptors (Lipinski definition) is 4. The summed E-state index contributed by atoms with van der Waals surface area (Å²) >= 11 is 0. The average Bonchev–Trinajstić information content (AvgIpc) is 3.01. The largest absolute Gasteiger partial charge is 0.481 e. The van der Waals surface area contributed by atoms with E-state index in [0.717, 1.165) is 16.6 Å². The first kappa shape index (κ1) is 19.6. The van der Waals surface area contributed by atoms with Crippen LogP contribution in [0.5, 0.6) is 5.88 Å². The number of nitrogens with one attached hydrogen (secondary N) is 1. The smallest absolute Gasteiger partial charge is 0.256 e. The minimum absolute atomic E-state index is 0.264. The predicted octanol–water partition coefficient (Wildman–Crippen LogP) is 4.50. The van der Waals surface area contributed by atoms with Gasteiger partial charge in [-0.25, -0.2) is 9.37 Å². The van der Waals surface area contributed by atoms with Crippen molar-refractivity contribution in [1.82, 2.24) is 14.8 Å². The molecule has 0 fully saturated rings. The Labute approximate surface area is 173 Å². The summed E-state index contributed by atoms with van der Waals surface area (Å²) in [4.78, 5) is 17.5. The summed E-state index contributed by atoms with van der Waals surface area (Å²) in [7, 11) is 1.52. The van der Waals surface area contributed by atoms with Crippen LogP contribution in [0.2, 0.25) is 0 Å². The van der Waals surface area contributed by atoms with Gasteiger partial charge in [-0.05, 0) is 37.6 Å². The van der Waals surface area contributed by atoms with E-state index in [4.69, 9.17) is 4.74 Å². The van der Waals surface area contributed by atoms with Crippen molar-refractivity contribution in [2.24, 2.45) is 0 Å². The Kier molecular flexibility index (Phi) is 5.18. The molecule has 1 N–H and O–H groups in total. The summed E-state index contributed by atoms with van der Waals surface area (Å²) < 4.78 is 20.2. The molecule has 30 heavy (non-hydrogen) atoms. The number of aryl methyl sites for hydroxylation is 1. The molecule has 6 nitrogen and oxygen atoms in total. The minimum atomic E-state index is -0.278. The van der Waals surface area contributed by atoms with Gasteiger partial charge in [-0.3, -0.25) is 9.48 Å². The van der Waals surface area contributed by atoms with Gasteiger partial charge < -0.3 is 10.1 Å². The molecule has 0 radical (unpaired) electrons. The van der Waals surface area contributed by atoms with E-state index in [-0.39, 0.29) is 11.7 Å². The van der Waals surface area contributed by atoms with Gasteiger partial charge >= 0.3 is 0 Å². The molecule has 0 aliphatic carbocycles. The molecule has 4 aromatic rings. The molecule has 2 aromatic carbocycles. The predicted molar refractivity (Wildman–Crippen MR) is 113 cm³/mol. The molecule has 7 heteroatoms. The van der Waals surface area contributed by atoms with Gasteiger partial charge in [-0.15, -0.1) is 0 Å². The van der Waals surface area contributed by atoms with Crippen LogP contribution in [0.1, 0.15) is 27.3 Å². The highest BCUT2D eigenvalue weighted by Gasteiger charge is 2.18. The first-order chi connectivity index (χ1) is 14.5. The normalized spacial score (nSPS) is 10.9. The maximum atomic E-state index is 13.2. The lowest BCUT2D eigenvalue weighted by Crippen LogP contribution is -2.14. The number of amides is 1. The summed E-state index contributed by atoms with van der Waals surface area (Å²) in [6.45, 7) is 4.22. The van der Waals surface area contributed by atoms with E-state index in [1.807, 2.05) is 38.1 Å². The molecule has 0 unspecified atom stereocenters. The van der Waals surface area contributed by atoms with Crippen molar-refractivity contribution in [3.05, 3.63) is 82.9 Å². The van der Waals surface area contributed by atoms with E-state index >= 15 is 0 Å². The van der Waals surface area contributed by atoms with Crippen molar-refractivity contribution >= 4 is 22.5 Å². The second-order valence-corrected chi connectivity index (χ2v) is 7.01. The zero-order chi connectivity index (χ0) is 21.3. The SMILES string of the molecule is COc1cc(C(=O)Nc2c(C)nn(Cc3ccc(F)cc3)c2C)c2ccccc2n1. The lowest BCUT2D eigenvalue weighted by molar-refractivity contribution is 0.102. The van der Waals surface area contributed by atoms with Crippen LogP contribution in [0.4, 0.5) is 10.1 Å². The minimum Gasteiger partial charge on any atom is -0.481 e. The molecule has 0 bridgehead atoms. The molecule has 0 aliphatic rings. The topological polar surface area (TPSA) is 69.0 Å². The van der Waals surface area contributed by atoms with Crippen molar-refractivity contribution in [3.8, 4) is 5.88 Å². The number of rotatable bonds is 5. The molecule has 0 saturated carbocycles. The second kappa shape index (κ2) is 7.94. The zero-order valence-electron chi connectivity index (χ0n) is 16.9. The van der Waals surface area contributed by atoms with Crippen LogP contribution in [-0.4, -0.2) is 27.8 Å². The van der Waals surface area contributed by atoms with Crippen molar-refractivity contribution < 1.29 is 13.9 Å². The van der Waals surface area contributed by atoms with Crippen LogP contribution in [0.3, 0.4) is 0 Å². The Balaban J connectivity index is 1.65. The molecule has 2 heterocycles. The standard InChI is InChI=1S/C23H21FN4O2/c1-14-22(15(2)28(27-14)13-16-8-10-17(24)11-9-16)26-23(29)19-12-21(30-3)25-20-7-5-4-6-18(19)20/h4-12H,13H2,1-3H3,(H,26,29). The number of para-hydroxylation sites is 1. The number of carbonyl (C=O) groups is 1. The number of fused-ring (bicyclic) bond motifs is 1. The van der Waals surface area contributed by atoms with E-state index < -0.39 is 0 Å². The Morgan fingerprint density at radius 1 is 1.13 bits per heavy atom. The number of anilines is 1. The van der Waals surface area contributed by atoms with Crippen LogP contribution in [0.15, 0.2) is 54.6 Å². The summed E-state index contributed by atoms with van der Waals surface area (Å²) in [5.41, 5.74) is 4.25. The molecular formula is C23H21FN4O2. The molecular weight excluding hydrogens is 383 g/mol. The average molecular weight is 404 g/mol. The maximum absolute atomic E-state index is 13.2.